The first-order valence-corrected chi connectivity index (χ1v) is 4.86. The summed E-state index contributed by atoms with van der Waals surface area (Å²) >= 11 is 7.79. The molecule has 0 atom stereocenters. The zero-order chi connectivity index (χ0) is 14.1. The van der Waals surface area contributed by atoms with E-state index in [1.165, 1.54) is 0 Å². The molecule has 100 valence electrons. The molecule has 0 aliphatic rings. The lowest BCUT2D eigenvalue weighted by atomic mass is 10.0. The number of hydrogen-bond donors (Lipinski definition) is 2. The van der Waals surface area contributed by atoms with Crippen LogP contribution in [0.3, 0.4) is 0 Å². The number of rotatable bonds is 4. The highest BCUT2D eigenvalue weighted by atomic mass is 32.1. The Morgan fingerprint density at radius 2 is 1.00 bits per heavy atom. The first-order chi connectivity index (χ1) is 7.46. The molecule has 0 aliphatic carbocycles. The van der Waals surface area contributed by atoms with Crippen molar-refractivity contribution in [3.63, 3.8) is 0 Å². The van der Waals surface area contributed by atoms with Crippen LogP contribution in [-0.4, -0.2) is 41.8 Å². The van der Waals surface area contributed by atoms with Gasteiger partial charge in [-0.05, 0) is 0 Å². The van der Waals surface area contributed by atoms with Crippen LogP contribution in [0.2, 0.25) is 0 Å². The monoisotopic (exact) mass is 298 g/mol. The smallest absolute Gasteiger partial charge is 0.378 e. The molecule has 0 saturated heterocycles. The van der Waals surface area contributed by atoms with Crippen molar-refractivity contribution in [3.05, 3.63) is 0 Å². The summed E-state index contributed by atoms with van der Waals surface area (Å²) in [6, 6.07) is 0. The summed E-state index contributed by atoms with van der Waals surface area (Å²) < 4.78 is 78.5. The van der Waals surface area contributed by atoms with Crippen LogP contribution in [0, 0.1) is 0 Å². The largest absolute Gasteiger partial charge is 0.385 e. The van der Waals surface area contributed by atoms with E-state index in [0.29, 0.717) is 0 Å². The van der Waals surface area contributed by atoms with Crippen LogP contribution in [0.25, 0.3) is 0 Å². The number of alkyl halides is 6. The Balaban J connectivity index is 5.54. The second-order valence-corrected chi connectivity index (χ2v) is 3.70. The zero-order valence-corrected chi connectivity index (χ0v) is 10.2. The molecule has 0 aliphatic heterocycles. The molecule has 0 saturated carbocycles. The number of nitrogens with one attached hydrogen (secondary N) is 2. The van der Waals surface area contributed by atoms with Gasteiger partial charge in [0.1, 0.15) is 0 Å². The van der Waals surface area contributed by atoms with E-state index in [0.717, 1.165) is 14.1 Å². The molecule has 0 aromatic rings. The van der Waals surface area contributed by atoms with Crippen molar-refractivity contribution in [3.8, 4) is 0 Å². The normalized spacial score (nSPS) is 13.2. The highest BCUT2D eigenvalue weighted by Crippen LogP contribution is 2.46. The molecule has 2 nitrogen and oxygen atoms in total. The van der Waals surface area contributed by atoms with Gasteiger partial charge in [0, 0.05) is 14.1 Å². The third kappa shape index (κ3) is 2.46. The second kappa shape index (κ2) is 4.92. The second-order valence-electron chi connectivity index (χ2n) is 2.88. The molecule has 0 aromatic heterocycles. The lowest BCUT2D eigenvalue weighted by Gasteiger charge is -2.32. The van der Waals surface area contributed by atoms with Gasteiger partial charge in [-0.1, -0.05) is 24.4 Å². The molecule has 2 N–H and O–H groups in total. The summed E-state index contributed by atoms with van der Waals surface area (Å²) in [4.78, 5) is -3.39. The van der Waals surface area contributed by atoms with E-state index in [9.17, 15) is 26.3 Å². The third-order valence-electron chi connectivity index (χ3n) is 1.81. The van der Waals surface area contributed by atoms with Crippen LogP contribution >= 0.6 is 24.4 Å². The molecule has 0 aromatic carbocycles. The number of halogens is 6. The summed E-state index contributed by atoms with van der Waals surface area (Å²) in [5.74, 6) is -16.2. The first-order valence-electron chi connectivity index (χ1n) is 4.04. The molecular weight excluding hydrogens is 290 g/mol. The highest BCUT2D eigenvalue weighted by Gasteiger charge is 2.74. The lowest BCUT2D eigenvalue weighted by Crippen LogP contribution is -2.63. The van der Waals surface area contributed by atoms with Crippen molar-refractivity contribution in [1.82, 2.24) is 10.6 Å². The Hall–Kier alpha value is -0.640. The Morgan fingerprint density at radius 1 is 0.765 bits per heavy atom. The van der Waals surface area contributed by atoms with Gasteiger partial charge in [-0.2, -0.15) is 26.3 Å². The van der Waals surface area contributed by atoms with E-state index in [4.69, 9.17) is 0 Å². The molecule has 0 amide bonds. The fraction of sp³-hybridized carbons (Fsp3) is 0.714. The van der Waals surface area contributed by atoms with E-state index < -0.39 is 27.7 Å². The molecule has 0 unspecified atom stereocenters. The van der Waals surface area contributed by atoms with Gasteiger partial charge in [-0.3, -0.25) is 0 Å². The Morgan fingerprint density at radius 3 is 1.18 bits per heavy atom. The highest BCUT2D eigenvalue weighted by molar-refractivity contribution is 7.80. The van der Waals surface area contributed by atoms with Gasteiger partial charge in [0.25, 0.3) is 0 Å². The summed E-state index contributed by atoms with van der Waals surface area (Å²) in [6.45, 7) is 0. The topological polar surface area (TPSA) is 24.1 Å². The molecule has 0 fully saturated rings. The molecule has 0 radical (unpaired) electrons. The van der Waals surface area contributed by atoms with Gasteiger partial charge in [0.2, 0.25) is 0 Å². The van der Waals surface area contributed by atoms with Gasteiger partial charge in [-0.15, -0.1) is 0 Å². The van der Waals surface area contributed by atoms with E-state index >= 15 is 0 Å². The number of hydrogen-bond acceptors (Lipinski definition) is 2. The van der Waals surface area contributed by atoms with Crippen LogP contribution in [0.15, 0.2) is 0 Å². The van der Waals surface area contributed by atoms with Crippen molar-refractivity contribution < 1.29 is 26.3 Å². The maximum absolute atomic E-state index is 13.1. The van der Waals surface area contributed by atoms with Gasteiger partial charge >= 0.3 is 17.8 Å². The molecule has 0 heterocycles. The fourth-order valence-electron chi connectivity index (χ4n) is 0.796. The SMILES string of the molecule is CNC(=S)C(F)(F)C(F)(F)C(F)(F)C(=S)NC. The predicted octanol–water partition coefficient (Wildman–Crippen LogP) is 1.99. The standard InChI is InChI=1S/C7H8F6N2S2/c1-14-3(16)5(8,9)7(12,13)6(10,11)4(17)15-2/h1-2H3,(H,14,16)(H,15,17). The predicted molar refractivity (Wildman–Crippen MR) is 58.2 cm³/mol. The lowest BCUT2D eigenvalue weighted by molar-refractivity contribution is -0.256. The quantitative estimate of drug-likeness (QED) is 0.612. The minimum atomic E-state index is -5.74. The van der Waals surface area contributed by atoms with E-state index in [-0.39, 0.29) is 0 Å². The van der Waals surface area contributed by atoms with E-state index in [1.807, 2.05) is 0 Å². The zero-order valence-electron chi connectivity index (χ0n) is 8.58. The van der Waals surface area contributed by atoms with Crippen molar-refractivity contribution >= 4 is 34.4 Å². The van der Waals surface area contributed by atoms with Gasteiger partial charge in [0.15, 0.2) is 9.98 Å². The van der Waals surface area contributed by atoms with E-state index in [1.54, 1.807) is 10.6 Å². The minimum Gasteiger partial charge on any atom is -0.378 e. The van der Waals surface area contributed by atoms with Crippen LogP contribution in [0.5, 0.6) is 0 Å². The molecule has 0 rings (SSSR count). The van der Waals surface area contributed by atoms with Gasteiger partial charge < -0.3 is 10.6 Å². The molecule has 0 spiro atoms. The van der Waals surface area contributed by atoms with Crippen LogP contribution in [0.4, 0.5) is 26.3 Å². The van der Waals surface area contributed by atoms with Gasteiger partial charge in [-0.25, -0.2) is 0 Å². The Labute approximate surface area is 104 Å². The van der Waals surface area contributed by atoms with Crippen LogP contribution in [0.1, 0.15) is 0 Å². The fourth-order valence-corrected chi connectivity index (χ4v) is 1.05. The summed E-state index contributed by atoms with van der Waals surface area (Å²) in [7, 11) is 1.64. The molecule has 0 bridgehead atoms. The molecule has 10 heteroatoms. The van der Waals surface area contributed by atoms with Crippen molar-refractivity contribution in [1.29, 1.82) is 0 Å². The van der Waals surface area contributed by atoms with Crippen molar-refractivity contribution in [2.75, 3.05) is 14.1 Å². The van der Waals surface area contributed by atoms with Crippen LogP contribution in [-0.2, 0) is 0 Å². The van der Waals surface area contributed by atoms with Crippen LogP contribution < -0.4 is 10.6 Å². The minimum absolute atomic E-state index is 0.820. The average Bonchev–Trinajstić information content (AvgIpc) is 2.25. The Kier molecular flexibility index (Phi) is 4.74. The average molecular weight is 298 g/mol. The maximum atomic E-state index is 13.1. The molecular formula is C7H8F6N2S2. The first kappa shape index (κ1) is 16.4. The summed E-state index contributed by atoms with van der Waals surface area (Å²) in [6.07, 6.45) is 0. The Bertz CT molecular complexity index is 300. The summed E-state index contributed by atoms with van der Waals surface area (Å²) in [5, 5.41) is 3.09. The van der Waals surface area contributed by atoms with Gasteiger partial charge in [0.05, 0.1) is 0 Å². The van der Waals surface area contributed by atoms with Crippen molar-refractivity contribution in [2.24, 2.45) is 0 Å². The maximum Gasteiger partial charge on any atom is 0.385 e. The molecule has 17 heavy (non-hydrogen) atoms. The third-order valence-corrected chi connectivity index (χ3v) is 2.73. The summed E-state index contributed by atoms with van der Waals surface area (Å²) in [5.41, 5.74) is 0. The number of thiocarbonyl (C=S) groups is 2. The van der Waals surface area contributed by atoms with E-state index in [2.05, 4.69) is 24.4 Å². The van der Waals surface area contributed by atoms with Crippen molar-refractivity contribution in [2.45, 2.75) is 17.8 Å².